The van der Waals surface area contributed by atoms with Crippen molar-refractivity contribution < 1.29 is 18.0 Å². The van der Waals surface area contributed by atoms with Crippen LogP contribution in [0.4, 0.5) is 24.5 Å². The topological polar surface area (TPSA) is 73.9 Å². The van der Waals surface area contributed by atoms with Crippen LogP contribution in [0, 0.1) is 0 Å². The molecule has 0 atom stereocenters. The Hall–Kier alpha value is -2.23. The predicted molar refractivity (Wildman–Crippen MR) is 90.7 cm³/mol. The Balaban J connectivity index is 2.20. The first-order valence-corrected chi connectivity index (χ1v) is 8.57. The summed E-state index contributed by atoms with van der Waals surface area (Å²) in [6, 6.07) is 3.37. The van der Waals surface area contributed by atoms with Crippen LogP contribution in [0.5, 0.6) is 0 Å². The highest BCUT2D eigenvalue weighted by atomic mass is 32.2. The zero-order chi connectivity index (χ0) is 18.4. The number of halogens is 3. The minimum Gasteiger partial charge on any atom is -0.370 e. The quantitative estimate of drug-likeness (QED) is 0.728. The second-order valence-corrected chi connectivity index (χ2v) is 5.99. The molecule has 2 aromatic rings. The van der Waals surface area contributed by atoms with E-state index in [0.717, 1.165) is 23.9 Å². The number of hydrogen-bond donors (Lipinski definition) is 2. The largest absolute Gasteiger partial charge is 0.416 e. The molecule has 0 saturated carbocycles. The molecular formula is C15H18F3N5OS. The normalized spacial score (nSPS) is 11.4. The van der Waals surface area contributed by atoms with Gasteiger partial charge < -0.3 is 10.2 Å². The summed E-state index contributed by atoms with van der Waals surface area (Å²) >= 11 is 1.11. The van der Waals surface area contributed by atoms with E-state index >= 15 is 0 Å². The van der Waals surface area contributed by atoms with Gasteiger partial charge in [0.15, 0.2) is 5.16 Å². The monoisotopic (exact) mass is 373 g/mol. The van der Waals surface area contributed by atoms with Crippen LogP contribution in [0.15, 0.2) is 29.7 Å². The summed E-state index contributed by atoms with van der Waals surface area (Å²) in [5.74, 6) is -0.419. The number of alkyl halides is 3. The summed E-state index contributed by atoms with van der Waals surface area (Å²) in [5, 5.41) is 9.29. The van der Waals surface area contributed by atoms with E-state index in [1.165, 1.54) is 12.4 Å². The molecule has 136 valence electrons. The molecule has 1 aromatic carbocycles. The number of hydrogen-bond acceptors (Lipinski definition) is 5. The Morgan fingerprint density at radius 1 is 1.32 bits per heavy atom. The number of carbonyl (C=O) groups is 1. The van der Waals surface area contributed by atoms with Crippen LogP contribution in [-0.4, -0.2) is 39.9 Å². The van der Waals surface area contributed by atoms with Gasteiger partial charge in [0.25, 0.3) is 0 Å². The van der Waals surface area contributed by atoms with Crippen molar-refractivity contribution in [2.24, 2.45) is 0 Å². The van der Waals surface area contributed by atoms with Crippen LogP contribution >= 0.6 is 11.8 Å². The lowest BCUT2D eigenvalue weighted by molar-refractivity contribution is -0.137. The molecule has 10 heteroatoms. The maximum Gasteiger partial charge on any atom is 0.416 e. The van der Waals surface area contributed by atoms with E-state index in [2.05, 4.69) is 20.5 Å². The molecule has 0 bridgehead atoms. The minimum atomic E-state index is -4.48. The van der Waals surface area contributed by atoms with Crippen LogP contribution < -0.4 is 10.2 Å². The second-order valence-electron chi connectivity index (χ2n) is 5.03. The third-order valence-corrected chi connectivity index (χ3v) is 4.31. The fourth-order valence-corrected chi connectivity index (χ4v) is 2.82. The number of anilines is 2. The highest BCUT2D eigenvalue weighted by Gasteiger charge is 2.31. The molecule has 25 heavy (non-hydrogen) atoms. The molecule has 0 radical (unpaired) electrons. The molecule has 0 unspecified atom stereocenters. The van der Waals surface area contributed by atoms with E-state index < -0.39 is 17.6 Å². The van der Waals surface area contributed by atoms with Gasteiger partial charge >= 0.3 is 6.18 Å². The first kappa shape index (κ1) is 19.1. The number of amides is 1. The van der Waals surface area contributed by atoms with E-state index in [0.29, 0.717) is 23.9 Å². The summed E-state index contributed by atoms with van der Waals surface area (Å²) in [4.78, 5) is 17.9. The fraction of sp³-hybridized carbons (Fsp3) is 0.400. The minimum absolute atomic E-state index is 0.00310. The van der Waals surface area contributed by atoms with Crippen LogP contribution in [0.1, 0.15) is 19.4 Å². The molecule has 0 aliphatic heterocycles. The van der Waals surface area contributed by atoms with Crippen LogP contribution in [0.3, 0.4) is 0 Å². The summed E-state index contributed by atoms with van der Waals surface area (Å²) in [7, 11) is 0. The second kappa shape index (κ2) is 8.24. The fourth-order valence-electron chi connectivity index (χ4n) is 2.24. The Morgan fingerprint density at radius 2 is 2.04 bits per heavy atom. The molecule has 1 aromatic heterocycles. The smallest absolute Gasteiger partial charge is 0.370 e. The number of aromatic amines is 1. The first-order valence-electron chi connectivity index (χ1n) is 7.59. The Bertz CT molecular complexity index is 702. The van der Waals surface area contributed by atoms with E-state index in [1.807, 2.05) is 18.7 Å². The van der Waals surface area contributed by atoms with Gasteiger partial charge in [-0.1, -0.05) is 11.8 Å². The maximum absolute atomic E-state index is 13.0. The lowest BCUT2D eigenvalue weighted by atomic mass is 10.1. The number of nitrogens with zero attached hydrogens (tertiary/aromatic N) is 3. The van der Waals surface area contributed by atoms with E-state index in [9.17, 15) is 18.0 Å². The van der Waals surface area contributed by atoms with E-state index in [4.69, 9.17) is 0 Å². The van der Waals surface area contributed by atoms with E-state index in [-0.39, 0.29) is 11.4 Å². The van der Waals surface area contributed by atoms with Crippen molar-refractivity contribution in [1.82, 2.24) is 15.2 Å². The van der Waals surface area contributed by atoms with Crippen molar-refractivity contribution in [3.05, 3.63) is 30.1 Å². The molecule has 0 aliphatic carbocycles. The summed E-state index contributed by atoms with van der Waals surface area (Å²) in [6.07, 6.45) is -3.17. The Morgan fingerprint density at radius 3 is 2.60 bits per heavy atom. The molecule has 1 heterocycles. The number of carbonyl (C=O) groups excluding carboxylic acids is 1. The molecule has 6 nitrogen and oxygen atoms in total. The molecule has 0 saturated heterocycles. The average Bonchev–Trinajstić information content (AvgIpc) is 3.08. The zero-order valence-electron chi connectivity index (χ0n) is 13.7. The molecule has 0 fully saturated rings. The number of thioether (sulfide) groups is 1. The van der Waals surface area contributed by atoms with Gasteiger partial charge in [0.2, 0.25) is 5.91 Å². The van der Waals surface area contributed by atoms with Gasteiger partial charge in [-0.05, 0) is 32.0 Å². The molecule has 2 N–H and O–H groups in total. The molecular weight excluding hydrogens is 355 g/mol. The van der Waals surface area contributed by atoms with E-state index in [1.54, 1.807) is 0 Å². The first-order chi connectivity index (χ1) is 11.8. The van der Waals surface area contributed by atoms with Crippen molar-refractivity contribution in [1.29, 1.82) is 0 Å². The number of benzene rings is 1. The van der Waals surface area contributed by atoms with Crippen molar-refractivity contribution >= 4 is 29.0 Å². The lowest BCUT2D eigenvalue weighted by Gasteiger charge is -2.25. The van der Waals surface area contributed by atoms with Gasteiger partial charge in [-0.25, -0.2) is 4.98 Å². The standard InChI is InChI=1S/C15H18F3N5OS/c1-3-23(4-2)12-6-5-10(15(16,17)18)7-11(12)21-13(24)8-25-14-19-9-20-22-14/h5-7,9H,3-4,8H2,1-2H3,(H,21,24)(H,19,20,22). The number of aromatic nitrogens is 3. The third-order valence-electron chi connectivity index (χ3n) is 3.43. The highest BCUT2D eigenvalue weighted by molar-refractivity contribution is 7.99. The molecule has 0 spiro atoms. The third kappa shape index (κ3) is 5.12. The van der Waals surface area contributed by atoms with Gasteiger partial charge in [-0.15, -0.1) is 0 Å². The van der Waals surface area contributed by atoms with Gasteiger partial charge in [0.05, 0.1) is 22.7 Å². The predicted octanol–water partition coefficient (Wildman–Crippen LogP) is 3.40. The number of nitrogens with one attached hydrogen (secondary N) is 2. The zero-order valence-corrected chi connectivity index (χ0v) is 14.5. The number of rotatable bonds is 7. The molecule has 1 amide bonds. The van der Waals surface area contributed by atoms with Gasteiger partial charge in [0.1, 0.15) is 6.33 Å². The summed E-state index contributed by atoms with van der Waals surface area (Å²) in [5.41, 5.74) is -0.112. The molecule has 2 rings (SSSR count). The average molecular weight is 373 g/mol. The van der Waals surface area contributed by atoms with Crippen molar-refractivity contribution in [2.45, 2.75) is 25.2 Å². The van der Waals surface area contributed by atoms with Gasteiger partial charge in [-0.3, -0.25) is 9.89 Å². The van der Waals surface area contributed by atoms with Crippen LogP contribution in [0.2, 0.25) is 0 Å². The van der Waals surface area contributed by atoms with Crippen molar-refractivity contribution in [3.63, 3.8) is 0 Å². The summed E-state index contributed by atoms with van der Waals surface area (Å²) in [6.45, 7) is 5.01. The Kier molecular flexibility index (Phi) is 6.29. The van der Waals surface area contributed by atoms with Gasteiger partial charge in [-0.2, -0.15) is 18.3 Å². The number of H-pyrrole nitrogens is 1. The van der Waals surface area contributed by atoms with Crippen LogP contribution in [-0.2, 0) is 11.0 Å². The highest BCUT2D eigenvalue weighted by Crippen LogP contribution is 2.35. The maximum atomic E-state index is 13.0. The van der Waals surface area contributed by atoms with Gasteiger partial charge in [0, 0.05) is 13.1 Å². The lowest BCUT2D eigenvalue weighted by Crippen LogP contribution is -2.25. The Labute approximate surface area is 147 Å². The summed E-state index contributed by atoms with van der Waals surface area (Å²) < 4.78 is 39.0. The van der Waals surface area contributed by atoms with Crippen molar-refractivity contribution in [3.8, 4) is 0 Å². The van der Waals surface area contributed by atoms with Crippen LogP contribution in [0.25, 0.3) is 0 Å². The molecule has 0 aliphatic rings. The van der Waals surface area contributed by atoms with Crippen molar-refractivity contribution in [2.75, 3.05) is 29.1 Å². The SMILES string of the molecule is CCN(CC)c1ccc(C(F)(F)F)cc1NC(=O)CSc1ncn[nH]1.